The van der Waals surface area contributed by atoms with Crippen LogP contribution in [0.15, 0.2) is 42.5 Å². The number of rotatable bonds is 4. The molecule has 0 saturated heterocycles. The van der Waals surface area contributed by atoms with Gasteiger partial charge in [0.2, 0.25) is 0 Å². The molecule has 0 heterocycles. The van der Waals surface area contributed by atoms with E-state index in [1.54, 1.807) is 30.0 Å². The molecule has 0 aliphatic carbocycles. The van der Waals surface area contributed by atoms with Gasteiger partial charge in [0.25, 0.3) is 5.91 Å². The second-order valence-corrected chi connectivity index (χ2v) is 5.89. The van der Waals surface area contributed by atoms with Crippen LogP contribution in [-0.4, -0.2) is 12.2 Å². The zero-order chi connectivity index (χ0) is 14.5. The van der Waals surface area contributed by atoms with Crippen LogP contribution >= 0.6 is 35.0 Å². The van der Waals surface area contributed by atoms with Crippen molar-refractivity contribution in [3.63, 3.8) is 0 Å². The highest BCUT2D eigenvalue weighted by Crippen LogP contribution is 2.25. The number of hydrogen-bond donors (Lipinski definition) is 1. The predicted molar refractivity (Wildman–Crippen MR) is 88.1 cm³/mol. The highest BCUT2D eigenvalue weighted by atomic mass is 35.5. The van der Waals surface area contributed by atoms with Crippen molar-refractivity contribution in [2.24, 2.45) is 0 Å². The van der Waals surface area contributed by atoms with Crippen LogP contribution in [-0.2, 0) is 5.75 Å². The smallest absolute Gasteiger partial charge is 0.255 e. The first-order valence-corrected chi connectivity index (χ1v) is 8.09. The van der Waals surface area contributed by atoms with Gasteiger partial charge in [-0.05, 0) is 42.2 Å². The van der Waals surface area contributed by atoms with Crippen LogP contribution in [0.3, 0.4) is 0 Å². The lowest BCUT2D eigenvalue weighted by molar-refractivity contribution is 0.102. The number of hydrogen-bond acceptors (Lipinski definition) is 2. The van der Waals surface area contributed by atoms with Crippen molar-refractivity contribution in [1.29, 1.82) is 0 Å². The average molecular weight is 326 g/mol. The number of nitrogens with one attached hydrogen (secondary N) is 1. The van der Waals surface area contributed by atoms with Crippen LogP contribution < -0.4 is 5.32 Å². The molecular weight excluding hydrogens is 313 g/mol. The van der Waals surface area contributed by atoms with E-state index in [2.05, 4.69) is 5.32 Å². The van der Waals surface area contributed by atoms with Gasteiger partial charge in [-0.2, -0.15) is 11.8 Å². The van der Waals surface area contributed by atoms with E-state index in [1.807, 2.05) is 30.5 Å². The van der Waals surface area contributed by atoms with Gasteiger partial charge in [0.05, 0.1) is 10.0 Å². The Hall–Kier alpha value is -1.16. The Kier molecular flexibility index (Phi) is 5.35. The molecule has 0 unspecified atom stereocenters. The number of carbonyl (C=O) groups is 1. The monoisotopic (exact) mass is 325 g/mol. The summed E-state index contributed by atoms with van der Waals surface area (Å²) >= 11 is 13.5. The normalized spacial score (nSPS) is 10.3. The van der Waals surface area contributed by atoms with Crippen LogP contribution in [0.4, 0.5) is 5.69 Å². The first kappa shape index (κ1) is 15.2. The fraction of sp³-hybridized carbons (Fsp3) is 0.133. The highest BCUT2D eigenvalue weighted by molar-refractivity contribution is 7.97. The maximum absolute atomic E-state index is 12.1. The molecule has 0 aliphatic rings. The van der Waals surface area contributed by atoms with Crippen molar-refractivity contribution in [2.75, 3.05) is 11.6 Å². The maximum Gasteiger partial charge on any atom is 0.255 e. The van der Waals surface area contributed by atoms with Crippen molar-refractivity contribution in [2.45, 2.75) is 5.75 Å². The zero-order valence-electron chi connectivity index (χ0n) is 10.8. The minimum absolute atomic E-state index is 0.168. The Morgan fingerprint density at radius 1 is 1.10 bits per heavy atom. The Balaban J connectivity index is 2.09. The van der Waals surface area contributed by atoms with Gasteiger partial charge in [-0.15, -0.1) is 0 Å². The number of anilines is 1. The van der Waals surface area contributed by atoms with Gasteiger partial charge in [0.1, 0.15) is 0 Å². The Labute approximate surface area is 132 Å². The van der Waals surface area contributed by atoms with Gasteiger partial charge < -0.3 is 5.32 Å². The van der Waals surface area contributed by atoms with E-state index in [1.165, 1.54) is 5.56 Å². The molecule has 0 fully saturated rings. The highest BCUT2D eigenvalue weighted by Gasteiger charge is 2.07. The Bertz CT molecular complexity index is 614. The number of benzene rings is 2. The SMILES string of the molecule is CSCc1ccc(C(=O)Nc2ccc(Cl)c(Cl)c2)cc1. The van der Waals surface area contributed by atoms with Crippen LogP contribution in [0.1, 0.15) is 15.9 Å². The van der Waals surface area contributed by atoms with Gasteiger partial charge in [0, 0.05) is 17.0 Å². The summed E-state index contributed by atoms with van der Waals surface area (Å²) in [5.41, 5.74) is 2.43. The fourth-order valence-corrected chi connectivity index (χ4v) is 2.52. The minimum Gasteiger partial charge on any atom is -0.322 e. The molecule has 2 nitrogen and oxygen atoms in total. The third-order valence-corrected chi connectivity index (χ3v) is 4.07. The van der Waals surface area contributed by atoms with Crippen molar-refractivity contribution < 1.29 is 4.79 Å². The van der Waals surface area contributed by atoms with Gasteiger partial charge in [0.15, 0.2) is 0 Å². The van der Waals surface area contributed by atoms with E-state index in [4.69, 9.17) is 23.2 Å². The fourth-order valence-electron chi connectivity index (χ4n) is 1.70. The minimum atomic E-state index is -0.168. The van der Waals surface area contributed by atoms with E-state index in [9.17, 15) is 4.79 Å². The molecule has 104 valence electrons. The second-order valence-electron chi connectivity index (χ2n) is 4.21. The molecule has 0 spiro atoms. The van der Waals surface area contributed by atoms with E-state index in [0.29, 0.717) is 21.3 Å². The van der Waals surface area contributed by atoms with E-state index >= 15 is 0 Å². The summed E-state index contributed by atoms with van der Waals surface area (Å²) in [6, 6.07) is 12.6. The molecule has 1 amide bonds. The number of amides is 1. The standard InChI is InChI=1S/C15H13Cl2NOS/c1-20-9-10-2-4-11(5-3-10)15(19)18-12-6-7-13(16)14(17)8-12/h2-8H,9H2,1H3,(H,18,19). The first-order valence-electron chi connectivity index (χ1n) is 5.94. The van der Waals surface area contributed by atoms with Crippen LogP contribution in [0.2, 0.25) is 10.0 Å². The molecule has 5 heteroatoms. The summed E-state index contributed by atoms with van der Waals surface area (Å²) in [6.45, 7) is 0. The predicted octanol–water partition coefficient (Wildman–Crippen LogP) is 5.11. The Morgan fingerprint density at radius 3 is 2.40 bits per heavy atom. The number of carbonyl (C=O) groups excluding carboxylic acids is 1. The van der Waals surface area contributed by atoms with Gasteiger partial charge in [-0.1, -0.05) is 35.3 Å². The third-order valence-electron chi connectivity index (χ3n) is 2.70. The molecule has 0 saturated carbocycles. The summed E-state index contributed by atoms with van der Waals surface area (Å²) < 4.78 is 0. The largest absolute Gasteiger partial charge is 0.322 e. The lowest BCUT2D eigenvalue weighted by atomic mass is 10.1. The molecule has 0 atom stereocenters. The summed E-state index contributed by atoms with van der Waals surface area (Å²) in [6.07, 6.45) is 2.05. The topological polar surface area (TPSA) is 29.1 Å². The van der Waals surface area contributed by atoms with Gasteiger partial charge in [-0.25, -0.2) is 0 Å². The molecule has 2 rings (SSSR count). The van der Waals surface area contributed by atoms with Crippen molar-refractivity contribution in [1.82, 2.24) is 0 Å². The summed E-state index contributed by atoms with van der Waals surface area (Å²) in [7, 11) is 0. The lowest BCUT2D eigenvalue weighted by Gasteiger charge is -2.07. The molecule has 0 radical (unpaired) electrons. The molecule has 0 aliphatic heterocycles. The maximum atomic E-state index is 12.1. The molecule has 0 aromatic heterocycles. The Morgan fingerprint density at radius 2 is 1.80 bits per heavy atom. The third kappa shape index (κ3) is 3.92. The first-order chi connectivity index (χ1) is 9.60. The molecule has 2 aromatic rings. The van der Waals surface area contributed by atoms with Crippen LogP contribution in [0.25, 0.3) is 0 Å². The van der Waals surface area contributed by atoms with E-state index in [0.717, 1.165) is 5.75 Å². The number of halogens is 2. The van der Waals surface area contributed by atoms with Crippen LogP contribution in [0, 0.1) is 0 Å². The average Bonchev–Trinajstić information content (AvgIpc) is 2.44. The van der Waals surface area contributed by atoms with E-state index in [-0.39, 0.29) is 5.91 Å². The van der Waals surface area contributed by atoms with Crippen molar-refractivity contribution >= 4 is 46.6 Å². The van der Waals surface area contributed by atoms with Crippen molar-refractivity contribution in [3.8, 4) is 0 Å². The van der Waals surface area contributed by atoms with E-state index < -0.39 is 0 Å². The summed E-state index contributed by atoms with van der Waals surface area (Å²) in [5.74, 6) is 0.772. The van der Waals surface area contributed by atoms with Gasteiger partial charge in [-0.3, -0.25) is 4.79 Å². The molecular formula is C15H13Cl2NOS. The zero-order valence-corrected chi connectivity index (χ0v) is 13.1. The number of thioether (sulfide) groups is 1. The quantitative estimate of drug-likeness (QED) is 0.846. The second kappa shape index (κ2) is 7.02. The summed E-state index contributed by atoms with van der Waals surface area (Å²) in [4.78, 5) is 12.1. The summed E-state index contributed by atoms with van der Waals surface area (Å²) in [5, 5.41) is 3.67. The molecule has 2 aromatic carbocycles. The van der Waals surface area contributed by atoms with Crippen LogP contribution in [0.5, 0.6) is 0 Å². The van der Waals surface area contributed by atoms with Crippen molar-refractivity contribution in [3.05, 3.63) is 63.6 Å². The molecule has 20 heavy (non-hydrogen) atoms. The lowest BCUT2D eigenvalue weighted by Crippen LogP contribution is -2.11. The molecule has 1 N–H and O–H groups in total. The van der Waals surface area contributed by atoms with Gasteiger partial charge >= 0.3 is 0 Å². The molecule has 0 bridgehead atoms.